The van der Waals surface area contributed by atoms with E-state index in [2.05, 4.69) is 16.5 Å². The van der Waals surface area contributed by atoms with Gasteiger partial charge in [-0.2, -0.15) is 5.26 Å². The fourth-order valence-electron chi connectivity index (χ4n) is 4.29. The molecule has 0 saturated heterocycles. The molecule has 2 aliphatic rings. The predicted octanol–water partition coefficient (Wildman–Crippen LogP) is 3.30. The number of Topliss-reactive ketones (excluding diaryl/α,β-unsaturated/α-hetero) is 1. The highest BCUT2D eigenvalue weighted by Gasteiger charge is 2.44. The summed E-state index contributed by atoms with van der Waals surface area (Å²) in [7, 11) is 0. The number of aromatic nitrogens is 1. The number of pyridine rings is 1. The molecule has 162 valence electrons. The number of ketones is 1. The third-order valence-electron chi connectivity index (χ3n) is 5.72. The van der Waals surface area contributed by atoms with Gasteiger partial charge >= 0.3 is 0 Å². The Labute approximate surface area is 185 Å². The van der Waals surface area contributed by atoms with Crippen LogP contribution in [0.2, 0.25) is 0 Å². The Morgan fingerprint density at radius 3 is 2.62 bits per heavy atom. The number of carbonyl (C=O) groups excluding carboxylic acids is 2. The number of carbonyl (C=O) groups is 2. The van der Waals surface area contributed by atoms with Gasteiger partial charge < -0.3 is 5.73 Å². The number of hydrazine groups is 1. The Morgan fingerprint density at radius 2 is 2.00 bits per heavy atom. The van der Waals surface area contributed by atoms with Gasteiger partial charge in [-0.3, -0.25) is 20.0 Å². The molecule has 32 heavy (non-hydrogen) atoms. The van der Waals surface area contributed by atoms with Gasteiger partial charge in [0.05, 0.1) is 28.8 Å². The summed E-state index contributed by atoms with van der Waals surface area (Å²) < 4.78 is 13.5. The first-order chi connectivity index (χ1) is 15.2. The van der Waals surface area contributed by atoms with Crippen LogP contribution in [-0.2, 0) is 4.79 Å². The number of nitriles is 1. The Kier molecular flexibility index (Phi) is 5.26. The van der Waals surface area contributed by atoms with Crippen molar-refractivity contribution in [1.82, 2.24) is 15.4 Å². The van der Waals surface area contributed by atoms with Gasteiger partial charge in [0.15, 0.2) is 5.78 Å². The number of nitrogens with one attached hydrogen (secondary N) is 1. The van der Waals surface area contributed by atoms with E-state index >= 15 is 0 Å². The van der Waals surface area contributed by atoms with E-state index in [9.17, 15) is 19.2 Å². The van der Waals surface area contributed by atoms with Crippen molar-refractivity contribution >= 4 is 11.7 Å². The number of halogens is 1. The summed E-state index contributed by atoms with van der Waals surface area (Å²) in [6, 6.07) is 11.0. The molecule has 1 amide bonds. The zero-order valence-corrected chi connectivity index (χ0v) is 17.7. The molecule has 0 saturated carbocycles. The monoisotopic (exact) mass is 431 g/mol. The van der Waals surface area contributed by atoms with Gasteiger partial charge in [-0.25, -0.2) is 9.40 Å². The zero-order chi connectivity index (χ0) is 23.0. The summed E-state index contributed by atoms with van der Waals surface area (Å²) in [4.78, 5) is 30.1. The van der Waals surface area contributed by atoms with Crippen LogP contribution in [0.25, 0.3) is 0 Å². The number of nitrogens with two attached hydrogens (primary N) is 1. The molecule has 1 aromatic carbocycles. The molecule has 1 aliphatic carbocycles. The highest BCUT2D eigenvalue weighted by Crippen LogP contribution is 2.48. The maximum absolute atomic E-state index is 13.5. The van der Waals surface area contributed by atoms with Gasteiger partial charge in [0.1, 0.15) is 11.6 Å². The molecule has 1 atom stereocenters. The second kappa shape index (κ2) is 7.93. The molecular formula is C24H22FN5O2. The quantitative estimate of drug-likeness (QED) is 0.771. The van der Waals surface area contributed by atoms with E-state index in [1.54, 1.807) is 30.5 Å². The molecule has 8 heteroatoms. The largest absolute Gasteiger partial charge is 0.383 e. The minimum atomic E-state index is -0.731. The van der Waals surface area contributed by atoms with Crippen molar-refractivity contribution in [2.75, 3.05) is 0 Å². The molecule has 1 aromatic heterocycles. The maximum Gasteiger partial charge on any atom is 0.271 e. The van der Waals surface area contributed by atoms with E-state index in [0.29, 0.717) is 28.8 Å². The molecule has 2 heterocycles. The maximum atomic E-state index is 13.5. The Hall–Kier alpha value is -3.99. The molecule has 0 bridgehead atoms. The van der Waals surface area contributed by atoms with Gasteiger partial charge in [0.25, 0.3) is 5.91 Å². The number of hydrogen-bond acceptors (Lipinski definition) is 6. The predicted molar refractivity (Wildman–Crippen MR) is 115 cm³/mol. The topological polar surface area (TPSA) is 112 Å². The zero-order valence-electron chi connectivity index (χ0n) is 17.7. The van der Waals surface area contributed by atoms with Crippen molar-refractivity contribution in [1.29, 1.82) is 5.26 Å². The van der Waals surface area contributed by atoms with E-state index in [1.807, 2.05) is 13.8 Å². The fraction of sp³-hybridized carbons (Fsp3) is 0.250. The molecule has 7 nitrogen and oxygen atoms in total. The molecule has 1 unspecified atom stereocenters. The van der Waals surface area contributed by atoms with Crippen LogP contribution in [0.15, 0.2) is 71.5 Å². The van der Waals surface area contributed by atoms with Crippen LogP contribution in [0, 0.1) is 22.6 Å². The van der Waals surface area contributed by atoms with Crippen LogP contribution in [0.3, 0.4) is 0 Å². The lowest BCUT2D eigenvalue weighted by atomic mass is 9.69. The molecule has 1 aliphatic heterocycles. The van der Waals surface area contributed by atoms with Crippen molar-refractivity contribution < 1.29 is 14.0 Å². The Bertz CT molecular complexity index is 1190. The van der Waals surface area contributed by atoms with Crippen LogP contribution < -0.4 is 11.2 Å². The fourth-order valence-corrected chi connectivity index (χ4v) is 4.29. The molecule has 0 fully saturated rings. The standard InChI is InChI=1S/C24H22FN5O2/c1-24(2)10-18-21(19(31)11-24)20(14-5-7-16(25)8-6-14)17(12-26)22(27)30(18)29-23(32)15-4-3-9-28-13-15/h3-9,13,20H,10-11,27H2,1-2H3,(H,29,32). The first-order valence-electron chi connectivity index (χ1n) is 10.1. The second-order valence-electron chi connectivity index (χ2n) is 8.71. The highest BCUT2D eigenvalue weighted by molar-refractivity contribution is 6.00. The second-order valence-corrected chi connectivity index (χ2v) is 8.71. The summed E-state index contributed by atoms with van der Waals surface area (Å²) in [5.74, 6) is -1.72. The minimum absolute atomic E-state index is 0.0308. The third-order valence-corrected chi connectivity index (χ3v) is 5.72. The SMILES string of the molecule is CC1(C)CC(=O)C2=C(C1)N(NC(=O)c1cccnc1)C(N)=C(C#N)C2c1ccc(F)cc1. The van der Waals surface area contributed by atoms with Gasteiger partial charge in [0, 0.05) is 24.4 Å². The summed E-state index contributed by atoms with van der Waals surface area (Å²) in [5.41, 5.74) is 10.7. The third kappa shape index (κ3) is 3.73. The van der Waals surface area contributed by atoms with Crippen LogP contribution in [0.5, 0.6) is 0 Å². The summed E-state index contributed by atoms with van der Waals surface area (Å²) in [6.45, 7) is 3.92. The number of allylic oxidation sites excluding steroid dienone is 3. The Balaban J connectivity index is 1.86. The van der Waals surface area contributed by atoms with E-state index in [-0.39, 0.29) is 29.0 Å². The molecule has 4 rings (SSSR count). The summed E-state index contributed by atoms with van der Waals surface area (Å²) in [5, 5.41) is 11.3. The van der Waals surface area contributed by atoms with Gasteiger partial charge in [0.2, 0.25) is 0 Å². The van der Waals surface area contributed by atoms with Crippen molar-refractivity contribution in [3.05, 3.63) is 88.4 Å². The van der Waals surface area contributed by atoms with Gasteiger partial charge in [-0.1, -0.05) is 26.0 Å². The number of amides is 1. The average molecular weight is 431 g/mol. The molecule has 2 aromatic rings. The molecule has 3 N–H and O–H groups in total. The summed E-state index contributed by atoms with van der Waals surface area (Å²) in [6.07, 6.45) is 3.71. The van der Waals surface area contributed by atoms with Gasteiger partial charge in [-0.15, -0.1) is 0 Å². The van der Waals surface area contributed by atoms with Gasteiger partial charge in [-0.05, 0) is 41.7 Å². The van der Waals surface area contributed by atoms with Crippen LogP contribution >= 0.6 is 0 Å². The lowest BCUT2D eigenvalue weighted by Crippen LogP contribution is -2.49. The van der Waals surface area contributed by atoms with Crippen LogP contribution in [0.1, 0.15) is 48.5 Å². The molecule has 0 spiro atoms. The minimum Gasteiger partial charge on any atom is -0.383 e. The number of hydrogen-bond donors (Lipinski definition) is 2. The van der Waals surface area contributed by atoms with Crippen LogP contribution in [0.4, 0.5) is 4.39 Å². The first kappa shape index (κ1) is 21.2. The van der Waals surface area contributed by atoms with E-state index in [0.717, 1.165) is 0 Å². The molecule has 0 radical (unpaired) electrons. The average Bonchev–Trinajstić information content (AvgIpc) is 2.76. The van der Waals surface area contributed by atoms with Crippen molar-refractivity contribution in [3.8, 4) is 6.07 Å². The van der Waals surface area contributed by atoms with Crippen molar-refractivity contribution in [2.24, 2.45) is 11.1 Å². The first-order valence-corrected chi connectivity index (χ1v) is 10.1. The lowest BCUT2D eigenvalue weighted by molar-refractivity contribution is -0.118. The van der Waals surface area contributed by atoms with Crippen molar-refractivity contribution in [3.63, 3.8) is 0 Å². The summed E-state index contributed by atoms with van der Waals surface area (Å²) >= 11 is 0. The van der Waals surface area contributed by atoms with E-state index in [1.165, 1.54) is 23.3 Å². The normalized spacial score (nSPS) is 20.0. The lowest BCUT2D eigenvalue weighted by Gasteiger charge is -2.43. The smallest absolute Gasteiger partial charge is 0.271 e. The van der Waals surface area contributed by atoms with E-state index < -0.39 is 17.6 Å². The number of rotatable bonds is 3. The highest BCUT2D eigenvalue weighted by atomic mass is 19.1. The van der Waals surface area contributed by atoms with Crippen LogP contribution in [-0.4, -0.2) is 21.7 Å². The number of nitrogens with zero attached hydrogens (tertiary/aromatic N) is 3. The molecular weight excluding hydrogens is 409 g/mol. The number of benzene rings is 1. The Morgan fingerprint density at radius 1 is 1.28 bits per heavy atom. The van der Waals surface area contributed by atoms with Crippen molar-refractivity contribution in [2.45, 2.75) is 32.6 Å². The van der Waals surface area contributed by atoms with E-state index in [4.69, 9.17) is 5.73 Å².